The molecule has 19 nitrogen and oxygen atoms in total. The van der Waals surface area contributed by atoms with Crippen LogP contribution in [0.3, 0.4) is 0 Å². The van der Waals surface area contributed by atoms with Gasteiger partial charge in [-0.15, -0.1) is 11.8 Å². The number of aliphatic hydroxyl groups excluding tert-OH is 3. The van der Waals surface area contributed by atoms with Crippen LogP contribution in [0.4, 0.5) is 0 Å². The summed E-state index contributed by atoms with van der Waals surface area (Å²) in [6.45, 7) is 2.11. The fourth-order valence-electron chi connectivity index (χ4n) is 9.30. The number of hydrogen-bond donors (Lipinski definition) is 7. The molecular formula is C40H44O19S. The molecule has 2 aromatic carbocycles. The molecule has 13 atom stereocenters. The number of phenols is 2. The van der Waals surface area contributed by atoms with Crippen molar-refractivity contribution in [1.29, 1.82) is 0 Å². The van der Waals surface area contributed by atoms with Crippen molar-refractivity contribution in [3.63, 3.8) is 0 Å². The highest BCUT2D eigenvalue weighted by molar-refractivity contribution is 8.03. The molecule has 0 aromatic heterocycles. The number of benzene rings is 2. The number of ether oxygens (including phenoxy) is 6. The number of aromatic hydroxyl groups is 2. The van der Waals surface area contributed by atoms with Crippen LogP contribution >= 0.6 is 11.8 Å². The number of carbonyl (C=O) groups is 6. The van der Waals surface area contributed by atoms with Gasteiger partial charge >= 0.3 is 11.9 Å². The van der Waals surface area contributed by atoms with Crippen LogP contribution in [0.5, 0.6) is 11.5 Å². The smallest absolute Gasteiger partial charge is 0.337 e. The quantitative estimate of drug-likeness (QED) is 0.157. The lowest BCUT2D eigenvalue weighted by atomic mass is 9.63. The van der Waals surface area contributed by atoms with Gasteiger partial charge in [-0.2, -0.15) is 0 Å². The normalized spacial score (nSPS) is 38.6. The van der Waals surface area contributed by atoms with Gasteiger partial charge in [0.05, 0.1) is 62.8 Å². The van der Waals surface area contributed by atoms with E-state index in [-0.39, 0.29) is 17.5 Å². The van der Waals surface area contributed by atoms with Gasteiger partial charge in [0.2, 0.25) is 11.6 Å². The number of phenolic OH excluding ortho intramolecular Hbond substituents is 2. The average molecular weight is 861 g/mol. The Balaban J connectivity index is 1.35. The first-order valence-corrected chi connectivity index (χ1v) is 19.8. The Bertz CT molecular complexity index is 2140. The lowest BCUT2D eigenvalue weighted by molar-refractivity contribution is -0.296. The largest absolute Gasteiger partial charge is 0.507 e. The van der Waals surface area contributed by atoms with E-state index < -0.39 is 159 Å². The SMILES string of the molecule is COC(=O)CC1CC2(SC34CC(CCOC5OC(C(=O)OC)C(O)C(O)C5O)OC(C)C3(O)C(=O)c3c(O)cccc3C4=O)C(=O)c3cccc(O)c3C(=O)C2(O)C(C)O1. The van der Waals surface area contributed by atoms with E-state index in [1.165, 1.54) is 38.1 Å². The monoisotopic (exact) mass is 860 g/mol. The van der Waals surface area contributed by atoms with E-state index >= 15 is 9.59 Å². The van der Waals surface area contributed by atoms with Crippen LogP contribution in [-0.4, -0.2) is 167 Å². The predicted octanol–water partition coefficient (Wildman–Crippen LogP) is -0.466. The minimum atomic E-state index is -2.94. The van der Waals surface area contributed by atoms with Crippen molar-refractivity contribution in [2.75, 3.05) is 20.8 Å². The molecule has 7 rings (SSSR count). The lowest BCUT2D eigenvalue weighted by Gasteiger charge is -2.61. The molecule has 7 N–H and O–H groups in total. The van der Waals surface area contributed by atoms with Gasteiger partial charge in [0.15, 0.2) is 35.2 Å². The molecule has 3 aliphatic heterocycles. The number of methoxy groups -OCH3 is 2. The van der Waals surface area contributed by atoms with Crippen LogP contribution in [0.1, 0.15) is 81.0 Å². The fraction of sp³-hybridized carbons (Fsp3) is 0.550. The first-order chi connectivity index (χ1) is 28.2. The van der Waals surface area contributed by atoms with E-state index in [4.69, 9.17) is 23.7 Å². The highest BCUT2D eigenvalue weighted by Gasteiger charge is 2.78. The summed E-state index contributed by atoms with van der Waals surface area (Å²) in [7, 11) is 2.12. The number of thioether (sulfide) groups is 1. The van der Waals surface area contributed by atoms with Gasteiger partial charge in [-0.25, -0.2) is 4.79 Å². The number of carbonyl (C=O) groups excluding carboxylic acids is 6. The van der Waals surface area contributed by atoms with Crippen LogP contribution in [0.15, 0.2) is 36.4 Å². The summed E-state index contributed by atoms with van der Waals surface area (Å²) in [5, 5.41) is 78.9. The summed E-state index contributed by atoms with van der Waals surface area (Å²) < 4.78 is 27.6. The molecule has 0 saturated carbocycles. The molecular weight excluding hydrogens is 816 g/mol. The second-order valence-electron chi connectivity index (χ2n) is 15.6. The Hall–Kier alpha value is -4.35. The van der Waals surface area contributed by atoms with Crippen LogP contribution in [0.25, 0.3) is 0 Å². The Morgan fingerprint density at radius 1 is 0.717 bits per heavy atom. The topological polar surface area (TPSA) is 299 Å². The minimum absolute atomic E-state index is 0.226. The number of Topliss-reactive ketones (excluding diaryl/α,β-unsaturated/α-hetero) is 4. The van der Waals surface area contributed by atoms with E-state index in [9.17, 15) is 54.9 Å². The maximum atomic E-state index is 15.3. The molecule has 2 aliphatic carbocycles. The van der Waals surface area contributed by atoms with E-state index in [1.54, 1.807) is 0 Å². The Morgan fingerprint density at radius 2 is 1.22 bits per heavy atom. The highest BCUT2D eigenvalue weighted by Crippen LogP contribution is 2.64. The zero-order valence-electron chi connectivity index (χ0n) is 32.6. The lowest BCUT2D eigenvalue weighted by Crippen LogP contribution is -2.79. The number of rotatable bonds is 9. The van der Waals surface area contributed by atoms with Crippen molar-refractivity contribution in [2.45, 2.75) is 115 Å². The Kier molecular flexibility index (Phi) is 11.3. The van der Waals surface area contributed by atoms with Crippen molar-refractivity contribution < 1.29 is 92.9 Å². The number of esters is 2. The van der Waals surface area contributed by atoms with E-state index in [0.717, 1.165) is 26.4 Å². The molecule has 0 bridgehead atoms. The van der Waals surface area contributed by atoms with Crippen molar-refractivity contribution in [3.8, 4) is 11.5 Å². The molecule has 5 aliphatic rings. The molecule has 2 aromatic rings. The predicted molar refractivity (Wildman–Crippen MR) is 200 cm³/mol. The third kappa shape index (κ3) is 6.14. The van der Waals surface area contributed by atoms with E-state index in [0.29, 0.717) is 11.8 Å². The Labute approximate surface area is 345 Å². The number of aliphatic hydroxyl groups is 5. The van der Waals surface area contributed by atoms with Crippen LogP contribution in [-0.2, 0) is 38.0 Å². The molecule has 324 valence electrons. The van der Waals surface area contributed by atoms with Gasteiger partial charge in [-0.1, -0.05) is 24.3 Å². The fourth-order valence-corrected chi connectivity index (χ4v) is 11.7. The summed E-state index contributed by atoms with van der Waals surface area (Å²) in [6.07, 6.45) is -16.8. The number of hydrogen-bond acceptors (Lipinski definition) is 20. The molecule has 60 heavy (non-hydrogen) atoms. The second-order valence-corrected chi connectivity index (χ2v) is 17.2. The summed E-state index contributed by atoms with van der Waals surface area (Å²) >= 11 is 0.349. The maximum absolute atomic E-state index is 15.3. The summed E-state index contributed by atoms with van der Waals surface area (Å²) in [5.74, 6) is -7.49. The number of ketones is 4. The van der Waals surface area contributed by atoms with Crippen molar-refractivity contribution in [3.05, 3.63) is 58.7 Å². The summed E-state index contributed by atoms with van der Waals surface area (Å²) in [4.78, 5) is 84.9. The Morgan fingerprint density at radius 3 is 1.72 bits per heavy atom. The molecule has 3 heterocycles. The van der Waals surface area contributed by atoms with Gasteiger partial charge in [-0.3, -0.25) is 24.0 Å². The van der Waals surface area contributed by atoms with Crippen LogP contribution in [0.2, 0.25) is 0 Å². The highest BCUT2D eigenvalue weighted by atomic mass is 32.2. The summed E-state index contributed by atoms with van der Waals surface area (Å²) in [5.41, 5.74) is -7.66. The van der Waals surface area contributed by atoms with Gasteiger partial charge < -0.3 is 64.2 Å². The molecule has 0 spiro atoms. The molecule has 0 amide bonds. The first-order valence-electron chi connectivity index (χ1n) is 19.0. The third-order valence-electron chi connectivity index (χ3n) is 12.4. The van der Waals surface area contributed by atoms with Gasteiger partial charge in [0.1, 0.15) is 39.3 Å². The van der Waals surface area contributed by atoms with Gasteiger partial charge in [0, 0.05) is 11.1 Å². The average Bonchev–Trinajstić information content (AvgIpc) is 3.21. The molecule has 3 fully saturated rings. The number of fused-ring (bicyclic) bond motifs is 4. The zero-order valence-corrected chi connectivity index (χ0v) is 33.5. The molecule has 0 radical (unpaired) electrons. The molecule has 20 heteroatoms. The van der Waals surface area contributed by atoms with Crippen molar-refractivity contribution >= 4 is 46.8 Å². The van der Waals surface area contributed by atoms with Crippen LogP contribution < -0.4 is 0 Å². The first kappa shape index (κ1) is 43.7. The van der Waals surface area contributed by atoms with Crippen molar-refractivity contribution in [2.24, 2.45) is 0 Å². The van der Waals surface area contributed by atoms with E-state index in [1.807, 2.05) is 0 Å². The van der Waals surface area contributed by atoms with Crippen LogP contribution in [0, 0.1) is 0 Å². The van der Waals surface area contributed by atoms with Gasteiger partial charge in [-0.05, 0) is 45.2 Å². The minimum Gasteiger partial charge on any atom is -0.507 e. The second kappa shape index (κ2) is 15.5. The van der Waals surface area contributed by atoms with E-state index in [2.05, 4.69) is 4.74 Å². The zero-order chi connectivity index (χ0) is 43.9. The standard InChI is InChI=1S/C40H44O19S/c1-16-39(52)33(49)25-20(7-5-9-22(25)41)31(47)37(39,14-18(57-16)11-12-56-36-29(46)27(44)28(45)30(59-36)35(51)55-4)60-38-15-19(13-24(43)54-3)58-17(2)40(38,53)34(50)26-21(32(38)48)8-6-10-23(26)42/h5-10,16-19,27-30,36,41-42,44-46,52-53H,11-15H2,1-4H3. The maximum Gasteiger partial charge on any atom is 0.337 e. The van der Waals surface area contributed by atoms with Crippen molar-refractivity contribution in [1.82, 2.24) is 0 Å². The molecule has 3 saturated heterocycles. The van der Waals surface area contributed by atoms with Gasteiger partial charge in [0.25, 0.3) is 0 Å². The summed E-state index contributed by atoms with van der Waals surface area (Å²) in [6, 6.07) is 7.29. The molecule has 13 unspecified atom stereocenters. The third-order valence-corrected chi connectivity index (χ3v) is 14.4.